The number of para-hydroxylation sites is 2. The molecular weight excluding hydrogens is 338 g/mol. The van der Waals surface area contributed by atoms with Crippen LogP contribution in [0.5, 0.6) is 5.75 Å². The van der Waals surface area contributed by atoms with Gasteiger partial charge >= 0.3 is 6.61 Å². The number of hydrogen-bond acceptors (Lipinski definition) is 2. The maximum atomic E-state index is 12.4. The Hall–Kier alpha value is -2.18. The van der Waals surface area contributed by atoms with Crippen LogP contribution in [0.2, 0.25) is 5.02 Å². The smallest absolute Gasteiger partial charge is 0.387 e. The zero-order valence-corrected chi connectivity index (χ0v) is 13.8. The van der Waals surface area contributed by atoms with E-state index >= 15 is 0 Å². The van der Waals surface area contributed by atoms with Gasteiger partial charge in [-0.3, -0.25) is 4.79 Å². The van der Waals surface area contributed by atoms with Crippen molar-refractivity contribution in [3.63, 3.8) is 0 Å². The van der Waals surface area contributed by atoms with Gasteiger partial charge in [-0.15, -0.1) is 0 Å². The normalized spacial score (nSPS) is 12.0. The summed E-state index contributed by atoms with van der Waals surface area (Å²) in [7, 11) is 1.87. The molecule has 0 aliphatic carbocycles. The molecule has 0 bridgehead atoms. The molecule has 128 valence electrons. The maximum Gasteiger partial charge on any atom is 0.387 e. The maximum absolute atomic E-state index is 12.4. The molecule has 0 fully saturated rings. The highest BCUT2D eigenvalue weighted by atomic mass is 35.5. The molecule has 2 aromatic carbocycles. The number of halogens is 3. The number of likely N-dealkylation sites (N-methyl/N-ethyl adjacent to an activating group) is 1. The van der Waals surface area contributed by atoms with Gasteiger partial charge in [0, 0.05) is 10.6 Å². The highest BCUT2D eigenvalue weighted by molar-refractivity contribution is 6.30. The number of ether oxygens (including phenoxy) is 1. The van der Waals surface area contributed by atoms with Crippen molar-refractivity contribution in [3.8, 4) is 5.75 Å². The predicted molar refractivity (Wildman–Crippen MR) is 88.6 cm³/mol. The summed E-state index contributed by atoms with van der Waals surface area (Å²) >= 11 is 5.84. The molecule has 0 heterocycles. The summed E-state index contributed by atoms with van der Waals surface area (Å²) in [6.45, 7) is -2.12. The van der Waals surface area contributed by atoms with Crippen molar-refractivity contribution in [1.29, 1.82) is 0 Å². The van der Waals surface area contributed by atoms with E-state index < -0.39 is 6.61 Å². The molecule has 7 heteroatoms. The van der Waals surface area contributed by atoms with Gasteiger partial charge in [0.1, 0.15) is 12.3 Å². The Labute approximate surface area is 144 Å². The summed E-state index contributed by atoms with van der Waals surface area (Å²) in [4.78, 5) is 13.1. The van der Waals surface area contributed by atoms with Crippen molar-refractivity contribution >= 4 is 23.2 Å². The zero-order chi connectivity index (χ0) is 17.5. The van der Waals surface area contributed by atoms with Crippen LogP contribution in [0.15, 0.2) is 48.5 Å². The van der Waals surface area contributed by atoms with E-state index in [4.69, 9.17) is 11.6 Å². The van der Waals surface area contributed by atoms with E-state index in [-0.39, 0.29) is 23.9 Å². The Balaban J connectivity index is 1.92. The van der Waals surface area contributed by atoms with E-state index in [1.165, 1.54) is 12.1 Å². The first kappa shape index (κ1) is 18.2. The van der Waals surface area contributed by atoms with Gasteiger partial charge in [0.25, 0.3) is 5.91 Å². The number of rotatable bonds is 7. The molecule has 24 heavy (non-hydrogen) atoms. The Kier molecular flexibility index (Phi) is 6.52. The van der Waals surface area contributed by atoms with Gasteiger partial charge in [0.15, 0.2) is 6.54 Å². The Morgan fingerprint density at radius 3 is 2.54 bits per heavy atom. The lowest BCUT2D eigenvalue weighted by atomic mass is 10.2. The van der Waals surface area contributed by atoms with Gasteiger partial charge in [-0.25, -0.2) is 0 Å². The van der Waals surface area contributed by atoms with Crippen LogP contribution in [0.4, 0.5) is 14.5 Å². The van der Waals surface area contributed by atoms with E-state index in [0.717, 1.165) is 10.5 Å². The summed E-state index contributed by atoms with van der Waals surface area (Å²) in [5, 5.41) is 3.26. The summed E-state index contributed by atoms with van der Waals surface area (Å²) in [6, 6.07) is 13.5. The summed E-state index contributed by atoms with van der Waals surface area (Å²) in [5.41, 5.74) is 1.27. The molecule has 1 atom stereocenters. The van der Waals surface area contributed by atoms with Crippen molar-refractivity contribution < 1.29 is 23.2 Å². The first-order valence-electron chi connectivity index (χ1n) is 7.33. The van der Waals surface area contributed by atoms with Gasteiger partial charge in [-0.05, 0) is 24.3 Å². The third kappa shape index (κ3) is 5.79. The van der Waals surface area contributed by atoms with Gasteiger partial charge in [-0.1, -0.05) is 35.9 Å². The first-order chi connectivity index (χ1) is 11.4. The van der Waals surface area contributed by atoms with Crippen molar-refractivity contribution in [2.45, 2.75) is 13.2 Å². The first-order valence-corrected chi connectivity index (χ1v) is 7.71. The number of carbonyl (C=O) groups excluding carboxylic acids is 1. The lowest BCUT2D eigenvalue weighted by Gasteiger charge is -2.15. The van der Waals surface area contributed by atoms with Crippen LogP contribution in [-0.2, 0) is 11.3 Å². The van der Waals surface area contributed by atoms with E-state index in [2.05, 4.69) is 10.1 Å². The fraction of sp³-hybridized carbons (Fsp3) is 0.235. The number of hydrogen-bond donors (Lipinski definition) is 2. The van der Waals surface area contributed by atoms with Gasteiger partial charge in [-0.2, -0.15) is 8.78 Å². The second-order valence-electron chi connectivity index (χ2n) is 5.36. The quantitative estimate of drug-likeness (QED) is 0.801. The number of carbonyl (C=O) groups is 1. The van der Waals surface area contributed by atoms with Gasteiger partial charge < -0.3 is 15.0 Å². The van der Waals surface area contributed by atoms with E-state index in [1.54, 1.807) is 24.3 Å². The third-order valence-corrected chi connectivity index (χ3v) is 3.51. The third-order valence-electron chi connectivity index (χ3n) is 3.26. The Bertz CT molecular complexity index is 681. The fourth-order valence-corrected chi connectivity index (χ4v) is 2.38. The molecule has 0 aliphatic rings. The minimum Gasteiger partial charge on any atom is -0.433 e. The molecule has 0 aromatic heterocycles. The minimum atomic E-state index is -2.94. The van der Waals surface area contributed by atoms with Crippen molar-refractivity contribution in [2.24, 2.45) is 0 Å². The van der Waals surface area contributed by atoms with Crippen molar-refractivity contribution in [1.82, 2.24) is 0 Å². The van der Waals surface area contributed by atoms with E-state index in [9.17, 15) is 13.6 Å². The number of alkyl halides is 2. The van der Waals surface area contributed by atoms with Crippen LogP contribution in [0.1, 0.15) is 5.56 Å². The number of nitrogens with one attached hydrogen (secondary N) is 2. The molecule has 0 saturated heterocycles. The molecule has 0 saturated carbocycles. The van der Waals surface area contributed by atoms with Crippen LogP contribution < -0.4 is 15.0 Å². The molecule has 1 unspecified atom stereocenters. The highest BCUT2D eigenvalue weighted by Gasteiger charge is 2.14. The lowest BCUT2D eigenvalue weighted by Crippen LogP contribution is -3.08. The van der Waals surface area contributed by atoms with Crippen LogP contribution in [0.25, 0.3) is 0 Å². The Morgan fingerprint density at radius 2 is 1.88 bits per heavy atom. The molecular formula is C17H18ClF2N2O2+. The second-order valence-corrected chi connectivity index (χ2v) is 5.80. The molecule has 2 aromatic rings. The fourth-order valence-electron chi connectivity index (χ4n) is 2.25. The van der Waals surface area contributed by atoms with Crippen LogP contribution in [0.3, 0.4) is 0 Å². The van der Waals surface area contributed by atoms with Crippen LogP contribution in [-0.4, -0.2) is 26.1 Å². The summed E-state index contributed by atoms with van der Waals surface area (Å²) in [6.07, 6.45) is 0. The van der Waals surface area contributed by atoms with Crippen molar-refractivity contribution in [2.75, 3.05) is 18.9 Å². The topological polar surface area (TPSA) is 42.8 Å². The number of amides is 1. The molecule has 0 spiro atoms. The second kappa shape index (κ2) is 8.61. The van der Waals surface area contributed by atoms with Crippen molar-refractivity contribution in [3.05, 3.63) is 59.1 Å². The zero-order valence-electron chi connectivity index (χ0n) is 13.1. The molecule has 1 amide bonds. The van der Waals surface area contributed by atoms with E-state index in [0.29, 0.717) is 11.6 Å². The van der Waals surface area contributed by atoms with Gasteiger partial charge in [0.05, 0.1) is 12.7 Å². The number of anilines is 1. The lowest BCUT2D eigenvalue weighted by molar-refractivity contribution is -0.885. The SMILES string of the molecule is C[NH+](CC(=O)Nc1ccccc1OC(F)F)Cc1ccc(Cl)cc1. The molecule has 0 aliphatic heterocycles. The molecule has 2 rings (SSSR count). The summed E-state index contributed by atoms with van der Waals surface area (Å²) < 4.78 is 29.1. The standard InChI is InChI=1S/C17H17ClF2N2O2/c1-22(10-12-6-8-13(18)9-7-12)11-16(23)21-14-4-2-3-5-15(14)24-17(19)20/h2-9,17H,10-11H2,1H3,(H,21,23)/p+1. The van der Waals surface area contributed by atoms with Crippen LogP contribution >= 0.6 is 11.6 Å². The summed E-state index contributed by atoms with van der Waals surface area (Å²) in [5.74, 6) is -0.344. The predicted octanol–water partition coefficient (Wildman–Crippen LogP) is 2.59. The van der Waals surface area contributed by atoms with E-state index in [1.807, 2.05) is 19.2 Å². The number of benzene rings is 2. The van der Waals surface area contributed by atoms with Crippen LogP contribution in [0, 0.1) is 0 Å². The molecule has 2 N–H and O–H groups in total. The Morgan fingerprint density at radius 1 is 1.21 bits per heavy atom. The minimum absolute atomic E-state index is 0.0591. The highest BCUT2D eigenvalue weighted by Crippen LogP contribution is 2.25. The van der Waals surface area contributed by atoms with Gasteiger partial charge in [0.2, 0.25) is 0 Å². The molecule has 4 nitrogen and oxygen atoms in total. The largest absolute Gasteiger partial charge is 0.433 e. The average Bonchev–Trinajstić information content (AvgIpc) is 2.51. The monoisotopic (exact) mass is 355 g/mol. The number of quaternary nitrogens is 1. The average molecular weight is 356 g/mol. The molecule has 0 radical (unpaired) electrons.